The van der Waals surface area contributed by atoms with Crippen LogP contribution >= 0.6 is 0 Å². The molecule has 0 aliphatic carbocycles. The molecule has 3 aromatic rings. The summed E-state index contributed by atoms with van der Waals surface area (Å²) >= 11 is 0. The van der Waals surface area contributed by atoms with Crippen LogP contribution in [0.25, 0.3) is 10.9 Å². The summed E-state index contributed by atoms with van der Waals surface area (Å²) in [5.41, 5.74) is 7.39. The minimum Gasteiger partial charge on any atom is -0.399 e. The van der Waals surface area contributed by atoms with Crippen LogP contribution < -0.4 is 11.1 Å². The first kappa shape index (κ1) is 11.5. The molecule has 0 atom stereocenters. The lowest BCUT2D eigenvalue weighted by Gasteiger charge is -2.09. The molecule has 6 heteroatoms. The molecule has 0 fully saturated rings. The predicted molar refractivity (Wildman–Crippen MR) is 74.7 cm³/mol. The Bertz CT molecular complexity index is 677. The van der Waals surface area contributed by atoms with E-state index >= 15 is 0 Å². The third-order valence-electron chi connectivity index (χ3n) is 2.88. The number of rotatable bonds is 4. The fourth-order valence-corrected chi connectivity index (χ4v) is 1.94. The third-order valence-corrected chi connectivity index (χ3v) is 2.88. The van der Waals surface area contributed by atoms with Crippen molar-refractivity contribution in [2.45, 2.75) is 6.54 Å². The number of hydrogen-bond donors (Lipinski definition) is 2. The summed E-state index contributed by atoms with van der Waals surface area (Å²) in [5.74, 6) is 0.803. The monoisotopic (exact) mass is 254 g/mol. The molecule has 6 nitrogen and oxygen atoms in total. The number of nitrogens with zero attached hydrogens (tertiary/aromatic N) is 4. The lowest BCUT2D eigenvalue weighted by Crippen LogP contribution is -2.10. The van der Waals surface area contributed by atoms with Crippen LogP contribution in [-0.4, -0.2) is 26.1 Å². The second kappa shape index (κ2) is 4.93. The highest BCUT2D eigenvalue weighted by atomic mass is 15.1. The summed E-state index contributed by atoms with van der Waals surface area (Å²) < 4.78 is 2.00. The third kappa shape index (κ3) is 2.47. The van der Waals surface area contributed by atoms with Crippen LogP contribution in [0.15, 0.2) is 43.2 Å². The van der Waals surface area contributed by atoms with E-state index in [0.29, 0.717) is 5.69 Å². The van der Waals surface area contributed by atoms with Gasteiger partial charge in [-0.1, -0.05) is 0 Å². The molecule has 0 aliphatic rings. The number of imidazole rings is 1. The van der Waals surface area contributed by atoms with Crippen molar-refractivity contribution in [3.63, 3.8) is 0 Å². The van der Waals surface area contributed by atoms with Gasteiger partial charge in [0.15, 0.2) is 0 Å². The zero-order chi connectivity index (χ0) is 13.1. The van der Waals surface area contributed by atoms with E-state index in [9.17, 15) is 0 Å². The second-order valence-corrected chi connectivity index (χ2v) is 4.23. The average Bonchev–Trinajstić information content (AvgIpc) is 2.92. The first-order chi connectivity index (χ1) is 9.33. The molecular formula is C13H14N6. The van der Waals surface area contributed by atoms with Crippen LogP contribution in [-0.2, 0) is 6.54 Å². The Hall–Kier alpha value is -2.63. The number of anilines is 2. The number of aromatic nitrogens is 4. The Labute approximate surface area is 110 Å². The van der Waals surface area contributed by atoms with Gasteiger partial charge in [0.1, 0.15) is 12.1 Å². The molecule has 3 N–H and O–H groups in total. The molecule has 0 aliphatic heterocycles. The largest absolute Gasteiger partial charge is 0.399 e. The van der Waals surface area contributed by atoms with Gasteiger partial charge in [-0.05, 0) is 18.2 Å². The predicted octanol–water partition coefficient (Wildman–Crippen LogP) is 1.52. The van der Waals surface area contributed by atoms with E-state index in [-0.39, 0.29) is 0 Å². The van der Waals surface area contributed by atoms with E-state index in [1.54, 1.807) is 18.9 Å². The smallest absolute Gasteiger partial charge is 0.137 e. The molecule has 2 aromatic heterocycles. The zero-order valence-corrected chi connectivity index (χ0v) is 10.3. The van der Waals surface area contributed by atoms with Gasteiger partial charge in [0.2, 0.25) is 0 Å². The highest BCUT2D eigenvalue weighted by molar-refractivity contribution is 5.91. The lowest BCUT2D eigenvalue weighted by molar-refractivity contribution is 0.725. The van der Waals surface area contributed by atoms with Crippen molar-refractivity contribution in [2.24, 2.45) is 0 Å². The molecule has 0 radical (unpaired) electrons. The van der Waals surface area contributed by atoms with Crippen molar-refractivity contribution in [1.82, 2.24) is 19.5 Å². The number of nitrogens with one attached hydrogen (secondary N) is 1. The maximum atomic E-state index is 5.80. The molecule has 19 heavy (non-hydrogen) atoms. The Morgan fingerprint density at radius 3 is 3.05 bits per heavy atom. The van der Waals surface area contributed by atoms with E-state index in [1.165, 1.54) is 0 Å². The van der Waals surface area contributed by atoms with E-state index in [0.717, 1.165) is 29.8 Å². The molecule has 0 unspecified atom stereocenters. The van der Waals surface area contributed by atoms with Gasteiger partial charge >= 0.3 is 0 Å². The molecule has 3 rings (SSSR count). The minimum absolute atomic E-state index is 0.708. The summed E-state index contributed by atoms with van der Waals surface area (Å²) in [4.78, 5) is 12.5. The standard InChI is InChI=1S/C13H14N6/c14-10-1-2-12-11(7-10)13(18-8-17-12)16-4-6-19-5-3-15-9-19/h1-3,5,7-9H,4,6,14H2,(H,16,17,18). The molecule has 1 aromatic carbocycles. The summed E-state index contributed by atoms with van der Waals surface area (Å²) in [6, 6.07) is 5.62. The molecular weight excluding hydrogens is 240 g/mol. The van der Waals surface area contributed by atoms with E-state index < -0.39 is 0 Å². The number of nitrogens with two attached hydrogens (primary N) is 1. The second-order valence-electron chi connectivity index (χ2n) is 4.23. The van der Waals surface area contributed by atoms with Gasteiger partial charge < -0.3 is 15.6 Å². The van der Waals surface area contributed by atoms with Crippen molar-refractivity contribution in [1.29, 1.82) is 0 Å². The summed E-state index contributed by atoms with van der Waals surface area (Å²) in [5, 5.41) is 4.24. The molecule has 0 saturated carbocycles. The van der Waals surface area contributed by atoms with Crippen molar-refractivity contribution in [3.8, 4) is 0 Å². The maximum absolute atomic E-state index is 5.80. The highest BCUT2D eigenvalue weighted by Crippen LogP contribution is 2.21. The number of nitrogen functional groups attached to an aromatic ring is 1. The Balaban J connectivity index is 1.78. The number of fused-ring (bicyclic) bond motifs is 1. The van der Waals surface area contributed by atoms with Gasteiger partial charge in [0.05, 0.1) is 11.8 Å². The van der Waals surface area contributed by atoms with Gasteiger partial charge in [0, 0.05) is 36.6 Å². The average molecular weight is 254 g/mol. The Kier molecular flexibility index (Phi) is 2.97. The van der Waals surface area contributed by atoms with E-state index in [4.69, 9.17) is 5.73 Å². The van der Waals surface area contributed by atoms with Gasteiger partial charge in [-0.2, -0.15) is 0 Å². The topological polar surface area (TPSA) is 81.6 Å². The van der Waals surface area contributed by atoms with Crippen LogP contribution in [0.5, 0.6) is 0 Å². The first-order valence-electron chi connectivity index (χ1n) is 6.03. The van der Waals surface area contributed by atoms with Gasteiger partial charge in [-0.25, -0.2) is 15.0 Å². The number of hydrogen-bond acceptors (Lipinski definition) is 5. The highest BCUT2D eigenvalue weighted by Gasteiger charge is 2.03. The molecule has 0 bridgehead atoms. The van der Waals surface area contributed by atoms with Crippen molar-refractivity contribution < 1.29 is 0 Å². The molecule has 2 heterocycles. The fraction of sp³-hybridized carbons (Fsp3) is 0.154. The van der Waals surface area contributed by atoms with Gasteiger partial charge in [0.25, 0.3) is 0 Å². The van der Waals surface area contributed by atoms with Crippen LogP contribution in [0.4, 0.5) is 11.5 Å². The van der Waals surface area contributed by atoms with Gasteiger partial charge in [-0.3, -0.25) is 0 Å². The molecule has 0 saturated heterocycles. The lowest BCUT2D eigenvalue weighted by atomic mass is 10.2. The minimum atomic E-state index is 0.708. The van der Waals surface area contributed by atoms with Crippen LogP contribution in [0.1, 0.15) is 0 Å². The van der Waals surface area contributed by atoms with Gasteiger partial charge in [-0.15, -0.1) is 0 Å². The summed E-state index contributed by atoms with van der Waals surface area (Å²) in [6.45, 7) is 1.59. The summed E-state index contributed by atoms with van der Waals surface area (Å²) in [6.07, 6.45) is 7.04. The molecule has 0 amide bonds. The van der Waals surface area contributed by atoms with Crippen LogP contribution in [0.3, 0.4) is 0 Å². The van der Waals surface area contributed by atoms with Crippen LogP contribution in [0, 0.1) is 0 Å². The van der Waals surface area contributed by atoms with Crippen molar-refractivity contribution >= 4 is 22.4 Å². The van der Waals surface area contributed by atoms with E-state index in [1.807, 2.05) is 29.0 Å². The van der Waals surface area contributed by atoms with Crippen molar-refractivity contribution in [3.05, 3.63) is 43.2 Å². The quantitative estimate of drug-likeness (QED) is 0.690. The Morgan fingerprint density at radius 2 is 2.21 bits per heavy atom. The Morgan fingerprint density at radius 1 is 1.26 bits per heavy atom. The van der Waals surface area contributed by atoms with Crippen LogP contribution in [0.2, 0.25) is 0 Å². The molecule has 96 valence electrons. The van der Waals surface area contributed by atoms with Crippen molar-refractivity contribution in [2.75, 3.05) is 17.6 Å². The van der Waals surface area contributed by atoms with E-state index in [2.05, 4.69) is 20.3 Å². The fourth-order valence-electron chi connectivity index (χ4n) is 1.94. The normalized spacial score (nSPS) is 10.7. The first-order valence-corrected chi connectivity index (χ1v) is 6.03. The molecule has 0 spiro atoms. The summed E-state index contributed by atoms with van der Waals surface area (Å²) in [7, 11) is 0. The SMILES string of the molecule is Nc1ccc2ncnc(NCCn3ccnc3)c2c1. The zero-order valence-electron chi connectivity index (χ0n) is 10.3. The maximum Gasteiger partial charge on any atom is 0.137 e. The number of benzene rings is 1.